The Bertz CT molecular complexity index is 626. The summed E-state index contributed by atoms with van der Waals surface area (Å²) in [5, 5.41) is 3.86. The van der Waals surface area contributed by atoms with Gasteiger partial charge in [0.1, 0.15) is 0 Å². The van der Waals surface area contributed by atoms with E-state index in [0.29, 0.717) is 12.1 Å². The number of aromatic nitrogens is 1. The van der Waals surface area contributed by atoms with Crippen molar-refractivity contribution in [2.45, 2.75) is 6.92 Å². The summed E-state index contributed by atoms with van der Waals surface area (Å²) in [5.74, 6) is 2.47. The monoisotopic (exact) mass is 238 g/mol. The minimum atomic E-state index is 0.0349. The van der Waals surface area contributed by atoms with Crippen LogP contribution in [0.15, 0.2) is 30.3 Å². The van der Waals surface area contributed by atoms with Crippen molar-refractivity contribution in [2.75, 3.05) is 13.1 Å². The zero-order valence-electron chi connectivity index (χ0n) is 10.2. The topological polar surface area (TPSA) is 42.0 Å². The van der Waals surface area contributed by atoms with Crippen molar-refractivity contribution < 1.29 is 4.79 Å². The molecule has 0 saturated carbocycles. The van der Waals surface area contributed by atoms with Gasteiger partial charge in [0.15, 0.2) is 5.78 Å². The number of Topliss-reactive ketones (excluding diaryl/α,β-unsaturated/α-hetero) is 1. The number of nitrogens with one attached hydrogen (secondary N) is 1. The van der Waals surface area contributed by atoms with Crippen molar-refractivity contribution in [3.05, 3.63) is 41.6 Å². The van der Waals surface area contributed by atoms with Crippen LogP contribution in [-0.4, -0.2) is 23.9 Å². The van der Waals surface area contributed by atoms with Gasteiger partial charge in [0.05, 0.1) is 18.6 Å². The van der Waals surface area contributed by atoms with Gasteiger partial charge in [-0.1, -0.05) is 12.0 Å². The maximum Gasteiger partial charge on any atom is 0.176 e. The lowest BCUT2D eigenvalue weighted by atomic mass is 10.1. The summed E-state index contributed by atoms with van der Waals surface area (Å²) >= 11 is 0. The fourth-order valence-corrected chi connectivity index (χ4v) is 1.75. The van der Waals surface area contributed by atoms with Crippen LogP contribution in [0, 0.1) is 19.3 Å². The first kappa shape index (κ1) is 12.3. The summed E-state index contributed by atoms with van der Waals surface area (Å²) in [4.78, 5) is 16.3. The number of ketones is 1. The van der Waals surface area contributed by atoms with Gasteiger partial charge in [-0.15, -0.1) is 6.42 Å². The minimum absolute atomic E-state index is 0.0349. The fourth-order valence-electron chi connectivity index (χ4n) is 1.75. The summed E-state index contributed by atoms with van der Waals surface area (Å²) < 4.78 is 0. The second-order valence-corrected chi connectivity index (χ2v) is 4.09. The number of pyridine rings is 1. The average molecular weight is 238 g/mol. The van der Waals surface area contributed by atoms with Gasteiger partial charge in [-0.3, -0.25) is 15.1 Å². The molecule has 0 bridgehead atoms. The van der Waals surface area contributed by atoms with Crippen molar-refractivity contribution in [3.8, 4) is 12.3 Å². The SMILES string of the molecule is C#CCNCC(=O)c1ccc2nc(C)ccc2c1. The molecule has 90 valence electrons. The van der Waals surface area contributed by atoms with Gasteiger partial charge in [0, 0.05) is 16.6 Å². The van der Waals surface area contributed by atoms with Gasteiger partial charge >= 0.3 is 0 Å². The van der Waals surface area contributed by atoms with E-state index in [1.54, 1.807) is 6.07 Å². The Kier molecular flexibility index (Phi) is 3.71. The largest absolute Gasteiger partial charge is 0.299 e. The highest BCUT2D eigenvalue weighted by Gasteiger charge is 2.06. The second-order valence-electron chi connectivity index (χ2n) is 4.09. The Morgan fingerprint density at radius 1 is 1.39 bits per heavy atom. The Labute approximate surface area is 106 Å². The van der Waals surface area contributed by atoms with Gasteiger partial charge in [0.2, 0.25) is 0 Å². The van der Waals surface area contributed by atoms with Crippen molar-refractivity contribution in [1.82, 2.24) is 10.3 Å². The van der Waals surface area contributed by atoms with E-state index in [4.69, 9.17) is 6.42 Å². The molecule has 1 aromatic heterocycles. The standard InChI is InChI=1S/C15H14N2O/c1-3-8-16-10-15(18)13-6-7-14-12(9-13)5-4-11(2)17-14/h1,4-7,9,16H,8,10H2,2H3. The number of hydrogen-bond donors (Lipinski definition) is 1. The smallest absolute Gasteiger partial charge is 0.176 e. The van der Waals surface area contributed by atoms with Crippen molar-refractivity contribution >= 4 is 16.7 Å². The molecule has 0 aliphatic rings. The van der Waals surface area contributed by atoms with Crippen LogP contribution < -0.4 is 5.32 Å². The van der Waals surface area contributed by atoms with Crippen LogP contribution in [0.2, 0.25) is 0 Å². The quantitative estimate of drug-likeness (QED) is 0.503. The molecule has 2 aromatic rings. The number of aryl methyl sites for hydroxylation is 1. The molecule has 0 unspecified atom stereocenters. The fraction of sp³-hybridized carbons (Fsp3) is 0.200. The zero-order chi connectivity index (χ0) is 13.0. The van der Waals surface area contributed by atoms with E-state index in [1.165, 1.54) is 0 Å². The highest BCUT2D eigenvalue weighted by atomic mass is 16.1. The first-order valence-corrected chi connectivity index (χ1v) is 5.75. The molecule has 1 N–H and O–H groups in total. The highest BCUT2D eigenvalue weighted by molar-refractivity contribution is 6.00. The Balaban J connectivity index is 2.22. The Morgan fingerprint density at radius 2 is 2.22 bits per heavy atom. The maximum atomic E-state index is 11.9. The maximum absolute atomic E-state index is 11.9. The van der Waals surface area contributed by atoms with Crippen LogP contribution >= 0.6 is 0 Å². The molecule has 3 heteroatoms. The zero-order valence-corrected chi connectivity index (χ0v) is 10.2. The first-order chi connectivity index (χ1) is 8.70. The predicted octanol–water partition coefficient (Wildman–Crippen LogP) is 1.95. The minimum Gasteiger partial charge on any atom is -0.299 e. The van der Waals surface area contributed by atoms with E-state index in [0.717, 1.165) is 16.6 Å². The normalized spacial score (nSPS) is 10.2. The van der Waals surface area contributed by atoms with Crippen molar-refractivity contribution in [1.29, 1.82) is 0 Å². The summed E-state index contributed by atoms with van der Waals surface area (Å²) in [6.45, 7) is 2.61. The van der Waals surface area contributed by atoms with E-state index in [1.807, 2.05) is 31.2 Å². The summed E-state index contributed by atoms with van der Waals surface area (Å²) in [6, 6.07) is 9.45. The molecule has 0 amide bonds. The summed E-state index contributed by atoms with van der Waals surface area (Å²) in [6.07, 6.45) is 5.11. The molecule has 2 rings (SSSR count). The molecule has 18 heavy (non-hydrogen) atoms. The first-order valence-electron chi connectivity index (χ1n) is 5.75. The molecule has 0 atom stereocenters. The molecule has 0 aliphatic heterocycles. The number of hydrogen-bond acceptors (Lipinski definition) is 3. The van der Waals surface area contributed by atoms with E-state index in [9.17, 15) is 4.79 Å². The number of terminal acetylenes is 1. The molecular weight excluding hydrogens is 224 g/mol. The molecule has 0 fully saturated rings. The van der Waals surface area contributed by atoms with Gasteiger partial charge < -0.3 is 0 Å². The van der Waals surface area contributed by atoms with Gasteiger partial charge in [0.25, 0.3) is 0 Å². The summed E-state index contributed by atoms with van der Waals surface area (Å²) in [7, 11) is 0. The van der Waals surface area contributed by atoms with E-state index < -0.39 is 0 Å². The molecular formula is C15H14N2O. The molecule has 0 aliphatic carbocycles. The van der Waals surface area contributed by atoms with E-state index in [2.05, 4.69) is 16.2 Å². The number of carbonyl (C=O) groups is 1. The van der Waals surface area contributed by atoms with Crippen LogP contribution in [0.4, 0.5) is 0 Å². The Morgan fingerprint density at radius 3 is 3.00 bits per heavy atom. The van der Waals surface area contributed by atoms with Crippen LogP contribution in [0.25, 0.3) is 10.9 Å². The third-order valence-electron chi connectivity index (χ3n) is 2.66. The third kappa shape index (κ3) is 2.73. The van der Waals surface area contributed by atoms with E-state index in [-0.39, 0.29) is 12.3 Å². The molecule has 0 spiro atoms. The lowest BCUT2D eigenvalue weighted by Gasteiger charge is -2.04. The second kappa shape index (κ2) is 5.44. The van der Waals surface area contributed by atoms with Gasteiger partial charge in [-0.25, -0.2) is 0 Å². The van der Waals surface area contributed by atoms with Crippen LogP contribution in [0.3, 0.4) is 0 Å². The average Bonchev–Trinajstić information content (AvgIpc) is 2.38. The number of nitrogens with zero attached hydrogens (tertiary/aromatic N) is 1. The molecule has 0 saturated heterocycles. The van der Waals surface area contributed by atoms with Crippen LogP contribution in [-0.2, 0) is 0 Å². The molecule has 0 radical (unpaired) electrons. The molecule has 1 heterocycles. The van der Waals surface area contributed by atoms with Gasteiger partial charge in [-0.05, 0) is 31.2 Å². The third-order valence-corrected chi connectivity index (χ3v) is 2.66. The lowest BCUT2D eigenvalue weighted by Crippen LogP contribution is -2.23. The number of benzene rings is 1. The number of rotatable bonds is 4. The van der Waals surface area contributed by atoms with Crippen molar-refractivity contribution in [3.63, 3.8) is 0 Å². The lowest BCUT2D eigenvalue weighted by molar-refractivity contribution is 0.0992. The number of fused-ring (bicyclic) bond motifs is 1. The highest BCUT2D eigenvalue weighted by Crippen LogP contribution is 2.15. The van der Waals surface area contributed by atoms with Gasteiger partial charge in [-0.2, -0.15) is 0 Å². The molecule has 1 aromatic carbocycles. The van der Waals surface area contributed by atoms with Crippen molar-refractivity contribution in [2.24, 2.45) is 0 Å². The molecule has 3 nitrogen and oxygen atoms in total. The van der Waals surface area contributed by atoms with Crippen LogP contribution in [0.5, 0.6) is 0 Å². The van der Waals surface area contributed by atoms with E-state index >= 15 is 0 Å². The summed E-state index contributed by atoms with van der Waals surface area (Å²) in [5.41, 5.74) is 2.55. The predicted molar refractivity (Wildman–Crippen MR) is 72.5 cm³/mol. The Hall–Kier alpha value is -2.18. The van der Waals surface area contributed by atoms with Crippen LogP contribution in [0.1, 0.15) is 16.1 Å². The number of carbonyl (C=O) groups excluding carboxylic acids is 1.